The minimum atomic E-state index is -2.03. The fourth-order valence-electron chi connectivity index (χ4n) is 2.78. The molecule has 3 heterocycles. The molecule has 1 atom stereocenters. The van der Waals surface area contributed by atoms with Gasteiger partial charge in [-0.3, -0.25) is 9.11 Å². The number of aromatic nitrogens is 3. The Morgan fingerprint density at radius 3 is 2.92 bits per heavy atom. The van der Waals surface area contributed by atoms with Crippen LogP contribution in [-0.2, 0) is 11.1 Å². The van der Waals surface area contributed by atoms with Crippen molar-refractivity contribution in [3.8, 4) is 5.75 Å². The van der Waals surface area contributed by atoms with Crippen molar-refractivity contribution in [1.82, 2.24) is 19.5 Å². The van der Waals surface area contributed by atoms with Crippen LogP contribution in [0.3, 0.4) is 0 Å². The third-order valence-electron chi connectivity index (χ3n) is 3.91. The summed E-state index contributed by atoms with van der Waals surface area (Å²) in [5, 5.41) is 8.21. The second-order valence-corrected chi connectivity index (χ2v) is 6.87. The van der Waals surface area contributed by atoms with Gasteiger partial charge in [0.25, 0.3) is 0 Å². The maximum atomic E-state index is 10.7. The third-order valence-corrected chi connectivity index (χ3v) is 4.78. The maximum absolute atomic E-state index is 10.7. The summed E-state index contributed by atoms with van der Waals surface area (Å²) in [4.78, 5) is 6.39. The number of fused-ring (bicyclic) bond motifs is 1. The molecule has 1 unspecified atom stereocenters. The van der Waals surface area contributed by atoms with Gasteiger partial charge in [0.05, 0.1) is 17.5 Å². The lowest BCUT2D eigenvalue weighted by atomic mass is 10.1. The second-order valence-electron chi connectivity index (χ2n) is 5.60. The summed E-state index contributed by atoms with van der Waals surface area (Å²) in [7, 11) is 0. The van der Waals surface area contributed by atoms with E-state index in [0.29, 0.717) is 29.0 Å². The molecule has 2 aromatic heterocycles. The van der Waals surface area contributed by atoms with Crippen molar-refractivity contribution in [2.45, 2.75) is 25.8 Å². The maximum Gasteiger partial charge on any atom is 0.243 e. The molecule has 3 rings (SSSR count). The van der Waals surface area contributed by atoms with Crippen LogP contribution in [0.15, 0.2) is 12.3 Å². The normalized spacial score (nSPS) is 18.0. The van der Waals surface area contributed by atoms with Gasteiger partial charge in [-0.2, -0.15) is 4.98 Å². The van der Waals surface area contributed by atoms with E-state index in [9.17, 15) is 8.76 Å². The van der Waals surface area contributed by atoms with Crippen LogP contribution >= 0.6 is 11.6 Å². The molecule has 1 aliphatic rings. The van der Waals surface area contributed by atoms with Crippen molar-refractivity contribution in [3.05, 3.63) is 17.3 Å². The molecule has 8 nitrogen and oxygen atoms in total. The van der Waals surface area contributed by atoms with Crippen LogP contribution in [0.5, 0.6) is 5.75 Å². The number of anilines is 1. The molecule has 0 amide bonds. The number of nitrogens with one attached hydrogen (secondary N) is 1. The topological polar surface area (TPSA) is 94.8 Å². The number of hydrogen-bond acceptors (Lipinski definition) is 7. The van der Waals surface area contributed by atoms with Crippen LogP contribution in [0.25, 0.3) is 5.65 Å². The first-order chi connectivity index (χ1) is 11.6. The summed E-state index contributed by atoms with van der Waals surface area (Å²) >= 11 is 4.13. The van der Waals surface area contributed by atoms with Gasteiger partial charge in [-0.25, -0.2) is 4.52 Å². The van der Waals surface area contributed by atoms with Gasteiger partial charge in [0, 0.05) is 25.3 Å². The highest BCUT2D eigenvalue weighted by Gasteiger charge is 2.21. The van der Waals surface area contributed by atoms with Gasteiger partial charge in [-0.15, -0.1) is 5.10 Å². The van der Waals surface area contributed by atoms with Gasteiger partial charge in [0.15, 0.2) is 5.75 Å². The Hall–Kier alpha value is -1.42. The molecule has 1 N–H and O–H groups in total. The smallest absolute Gasteiger partial charge is 0.243 e. The van der Waals surface area contributed by atoms with Crippen molar-refractivity contribution in [3.63, 3.8) is 0 Å². The molecule has 0 bridgehead atoms. The van der Waals surface area contributed by atoms with Gasteiger partial charge in [-0.05, 0) is 36.9 Å². The van der Waals surface area contributed by atoms with E-state index in [-0.39, 0.29) is 11.9 Å². The van der Waals surface area contributed by atoms with E-state index in [0.717, 1.165) is 25.9 Å². The second kappa shape index (κ2) is 7.64. The zero-order valence-corrected chi connectivity index (χ0v) is 14.8. The summed E-state index contributed by atoms with van der Waals surface area (Å²) in [6, 6.07) is 1.93. The van der Waals surface area contributed by atoms with Crippen molar-refractivity contribution >= 4 is 34.3 Å². The van der Waals surface area contributed by atoms with Crippen LogP contribution in [0.1, 0.15) is 19.8 Å². The molecule has 0 aromatic carbocycles. The van der Waals surface area contributed by atoms with Gasteiger partial charge >= 0.3 is 0 Å². The molecule has 1 saturated heterocycles. The summed E-state index contributed by atoms with van der Waals surface area (Å²) in [6.07, 6.45) is 3.42. The number of ether oxygens (including phenoxy) is 1. The highest BCUT2D eigenvalue weighted by atomic mass is 35.5. The van der Waals surface area contributed by atoms with Crippen molar-refractivity contribution < 1.29 is 13.5 Å². The first-order valence-electron chi connectivity index (χ1n) is 7.79. The number of halogens is 1. The van der Waals surface area contributed by atoms with Crippen LogP contribution in [0.2, 0.25) is 5.02 Å². The standard InChI is InChI=1S/C14H20ClN5O3S/c1-2-23-12-11(15)5-8-20-13(12)17-14(18-20)16-10-3-6-19(7-4-10)9-24(21)22/h5,8,10H,2-4,6-7,9H2,1H3,(H,16,18)(H,21,22)/p-1. The summed E-state index contributed by atoms with van der Waals surface area (Å²) < 4.78 is 28.7. The molecule has 2 aromatic rings. The van der Waals surface area contributed by atoms with E-state index >= 15 is 0 Å². The van der Waals surface area contributed by atoms with E-state index in [4.69, 9.17) is 16.3 Å². The molecule has 1 aliphatic heterocycles. The molecule has 132 valence electrons. The summed E-state index contributed by atoms with van der Waals surface area (Å²) in [5.74, 6) is 1.13. The largest absolute Gasteiger partial charge is 0.771 e. The lowest BCUT2D eigenvalue weighted by molar-refractivity contribution is 0.247. The van der Waals surface area contributed by atoms with Crippen molar-refractivity contribution in [2.75, 3.05) is 30.9 Å². The molecular formula is C14H19ClN5O3S-. The van der Waals surface area contributed by atoms with Crippen LogP contribution in [0, 0.1) is 0 Å². The Morgan fingerprint density at radius 1 is 1.50 bits per heavy atom. The molecule has 24 heavy (non-hydrogen) atoms. The quantitative estimate of drug-likeness (QED) is 0.767. The van der Waals surface area contributed by atoms with Gasteiger partial charge in [-0.1, -0.05) is 11.6 Å². The average Bonchev–Trinajstić information content (AvgIpc) is 2.94. The highest BCUT2D eigenvalue weighted by Crippen LogP contribution is 2.29. The van der Waals surface area contributed by atoms with Crippen molar-refractivity contribution in [1.29, 1.82) is 0 Å². The summed E-state index contributed by atoms with van der Waals surface area (Å²) in [5.41, 5.74) is 0.575. The lowest BCUT2D eigenvalue weighted by Crippen LogP contribution is -2.40. The Balaban J connectivity index is 1.68. The highest BCUT2D eigenvalue weighted by molar-refractivity contribution is 7.79. The van der Waals surface area contributed by atoms with E-state index in [1.165, 1.54) is 0 Å². The van der Waals surface area contributed by atoms with Crippen LogP contribution in [0.4, 0.5) is 5.95 Å². The number of hydrogen-bond donors (Lipinski definition) is 1. The molecule has 0 spiro atoms. The fourth-order valence-corrected chi connectivity index (χ4v) is 3.53. The number of rotatable bonds is 6. The van der Waals surface area contributed by atoms with E-state index in [1.807, 2.05) is 11.8 Å². The predicted molar refractivity (Wildman–Crippen MR) is 91.2 cm³/mol. The SMILES string of the molecule is CCOc1c(Cl)ccn2nc(NC3CCN(CS(=O)[O-])CC3)nc12. The minimum Gasteiger partial charge on any atom is -0.771 e. The number of likely N-dealkylation sites (tertiary alicyclic amines) is 1. The van der Waals surface area contributed by atoms with Crippen LogP contribution in [-0.4, -0.2) is 59.9 Å². The monoisotopic (exact) mass is 372 g/mol. The molecule has 0 aliphatic carbocycles. The average molecular weight is 373 g/mol. The number of piperidine rings is 1. The summed E-state index contributed by atoms with van der Waals surface area (Å²) in [6.45, 7) is 3.84. The Morgan fingerprint density at radius 2 is 2.25 bits per heavy atom. The van der Waals surface area contributed by atoms with E-state index in [1.54, 1.807) is 16.8 Å². The Bertz CT molecular complexity index is 733. The zero-order valence-electron chi connectivity index (χ0n) is 13.3. The molecule has 1 fully saturated rings. The van der Waals surface area contributed by atoms with E-state index in [2.05, 4.69) is 15.4 Å². The molecular weight excluding hydrogens is 354 g/mol. The van der Waals surface area contributed by atoms with Gasteiger partial charge in [0.2, 0.25) is 11.6 Å². The zero-order chi connectivity index (χ0) is 17.1. The Labute approximate surface area is 147 Å². The predicted octanol–water partition coefficient (Wildman–Crippen LogP) is 1.49. The first kappa shape index (κ1) is 17.4. The van der Waals surface area contributed by atoms with Crippen molar-refractivity contribution in [2.24, 2.45) is 0 Å². The van der Waals surface area contributed by atoms with Gasteiger partial charge < -0.3 is 14.6 Å². The molecule has 10 heteroatoms. The lowest BCUT2D eigenvalue weighted by Gasteiger charge is -2.32. The van der Waals surface area contributed by atoms with Crippen LogP contribution < -0.4 is 10.1 Å². The van der Waals surface area contributed by atoms with Gasteiger partial charge in [0.1, 0.15) is 0 Å². The molecule has 0 radical (unpaired) electrons. The molecule has 0 saturated carbocycles. The number of pyridine rings is 1. The first-order valence-corrected chi connectivity index (χ1v) is 9.41. The third kappa shape index (κ3) is 3.97. The Kier molecular flexibility index (Phi) is 5.54. The number of nitrogens with zero attached hydrogens (tertiary/aromatic N) is 4. The van der Waals surface area contributed by atoms with E-state index < -0.39 is 11.1 Å². The minimum absolute atomic E-state index is 0.0928. The fraction of sp³-hybridized carbons (Fsp3) is 0.571.